The highest BCUT2D eigenvalue weighted by molar-refractivity contribution is 6.46. The number of amides is 1. The van der Waals surface area contributed by atoms with Gasteiger partial charge in [0.25, 0.3) is 11.7 Å². The Morgan fingerprint density at radius 2 is 1.94 bits per heavy atom. The third kappa shape index (κ3) is 4.26. The van der Waals surface area contributed by atoms with Crippen LogP contribution >= 0.6 is 11.6 Å². The van der Waals surface area contributed by atoms with Crippen molar-refractivity contribution < 1.29 is 28.6 Å². The summed E-state index contributed by atoms with van der Waals surface area (Å²) in [6, 6.07) is 7.35. The number of ketones is 1. The lowest BCUT2D eigenvalue weighted by Gasteiger charge is -2.30. The first-order valence-corrected chi connectivity index (χ1v) is 10.8. The molecule has 2 fully saturated rings. The zero-order valence-electron chi connectivity index (χ0n) is 18.0. The van der Waals surface area contributed by atoms with Gasteiger partial charge in [0.15, 0.2) is 0 Å². The summed E-state index contributed by atoms with van der Waals surface area (Å²) in [6.07, 6.45) is 0. The molecule has 1 aromatic carbocycles. The molecule has 1 aromatic heterocycles. The van der Waals surface area contributed by atoms with Gasteiger partial charge >= 0.3 is 0 Å². The zero-order chi connectivity index (χ0) is 22.8. The summed E-state index contributed by atoms with van der Waals surface area (Å²) in [7, 11) is 1.49. The largest absolute Gasteiger partial charge is 0.507 e. The number of halogens is 1. The van der Waals surface area contributed by atoms with E-state index in [0.29, 0.717) is 49.1 Å². The van der Waals surface area contributed by atoms with E-state index in [0.717, 1.165) is 13.1 Å². The van der Waals surface area contributed by atoms with Crippen molar-refractivity contribution >= 4 is 29.1 Å². The van der Waals surface area contributed by atoms with Gasteiger partial charge in [0.1, 0.15) is 29.1 Å². The number of methoxy groups -OCH3 is 1. The van der Waals surface area contributed by atoms with Crippen LogP contribution in [0.15, 0.2) is 40.3 Å². The van der Waals surface area contributed by atoms with Crippen LogP contribution in [0.3, 0.4) is 0 Å². The number of hydrogen-bond donors (Lipinski definition) is 1. The van der Waals surface area contributed by atoms with Crippen molar-refractivity contribution in [1.29, 1.82) is 0 Å². The van der Waals surface area contributed by atoms with Gasteiger partial charge in [-0.15, -0.1) is 0 Å². The maximum Gasteiger partial charge on any atom is 0.295 e. The Labute approximate surface area is 190 Å². The number of carbonyl (C=O) groups is 2. The predicted molar refractivity (Wildman–Crippen MR) is 118 cm³/mol. The Morgan fingerprint density at radius 3 is 2.56 bits per heavy atom. The molecule has 4 rings (SSSR count). The number of furan rings is 1. The lowest BCUT2D eigenvalue weighted by molar-refractivity contribution is -0.140. The van der Waals surface area contributed by atoms with E-state index >= 15 is 0 Å². The highest BCUT2D eigenvalue weighted by Crippen LogP contribution is 2.40. The van der Waals surface area contributed by atoms with E-state index in [4.69, 9.17) is 25.5 Å². The molecule has 2 aromatic rings. The fourth-order valence-corrected chi connectivity index (χ4v) is 4.31. The van der Waals surface area contributed by atoms with Gasteiger partial charge in [-0.3, -0.25) is 14.5 Å². The summed E-state index contributed by atoms with van der Waals surface area (Å²) in [5.41, 5.74) is 0.294. The number of hydrogen-bond acceptors (Lipinski definition) is 7. The maximum absolute atomic E-state index is 13.0. The van der Waals surface area contributed by atoms with Gasteiger partial charge in [-0.2, -0.15) is 0 Å². The molecule has 2 saturated heterocycles. The molecule has 2 aliphatic heterocycles. The number of benzene rings is 1. The van der Waals surface area contributed by atoms with E-state index in [1.54, 1.807) is 31.2 Å². The van der Waals surface area contributed by atoms with Crippen LogP contribution in [0.1, 0.15) is 23.1 Å². The third-order valence-electron chi connectivity index (χ3n) is 5.76. The molecule has 1 N–H and O–H groups in total. The van der Waals surface area contributed by atoms with Crippen LogP contribution in [0.25, 0.3) is 5.76 Å². The first kappa shape index (κ1) is 22.4. The van der Waals surface area contributed by atoms with Crippen molar-refractivity contribution in [2.45, 2.75) is 13.0 Å². The number of Topliss-reactive ketones (excluding diaryl/α,β-unsaturated/α-hetero) is 1. The normalized spacial score (nSPS) is 21.3. The molecule has 2 aliphatic rings. The zero-order valence-corrected chi connectivity index (χ0v) is 18.7. The fraction of sp³-hybridized carbons (Fsp3) is 0.391. The second-order valence-corrected chi connectivity index (χ2v) is 8.15. The molecule has 0 saturated carbocycles. The van der Waals surface area contributed by atoms with E-state index in [1.807, 2.05) is 0 Å². The fourth-order valence-electron chi connectivity index (χ4n) is 4.05. The van der Waals surface area contributed by atoms with Crippen molar-refractivity contribution in [3.8, 4) is 5.75 Å². The monoisotopic (exact) mass is 460 g/mol. The van der Waals surface area contributed by atoms with Crippen LogP contribution in [0.5, 0.6) is 5.75 Å². The van der Waals surface area contributed by atoms with E-state index < -0.39 is 17.7 Å². The molecule has 170 valence electrons. The topological polar surface area (TPSA) is 92.5 Å². The SMILES string of the molecule is COc1ccc(C(O)=C2C(=O)C(=O)N(CCN3CCOCC3)[C@@H]2c2ccc(C)o2)cc1Cl. The molecule has 1 atom stereocenters. The third-order valence-corrected chi connectivity index (χ3v) is 6.05. The summed E-state index contributed by atoms with van der Waals surface area (Å²) in [4.78, 5) is 29.7. The van der Waals surface area contributed by atoms with Crippen LogP contribution < -0.4 is 4.74 Å². The van der Waals surface area contributed by atoms with Crippen LogP contribution in [-0.4, -0.2) is 73.1 Å². The van der Waals surface area contributed by atoms with Crippen molar-refractivity contribution in [2.75, 3.05) is 46.5 Å². The standard InChI is InChI=1S/C23H25ClN2O6/c1-14-3-5-18(32-14)20-19(21(27)15-4-6-17(30-2)16(24)13-15)22(28)23(29)26(20)8-7-25-9-11-31-12-10-25/h3-6,13,20,27H,7-12H2,1-2H3/t20-/m1/s1. The van der Waals surface area contributed by atoms with E-state index in [-0.39, 0.29) is 16.4 Å². The van der Waals surface area contributed by atoms with E-state index in [1.165, 1.54) is 18.1 Å². The molecule has 0 aliphatic carbocycles. The molecule has 0 spiro atoms. The number of nitrogens with zero attached hydrogens (tertiary/aromatic N) is 2. The van der Waals surface area contributed by atoms with Crippen LogP contribution in [-0.2, 0) is 14.3 Å². The van der Waals surface area contributed by atoms with Crippen molar-refractivity contribution in [1.82, 2.24) is 9.80 Å². The molecule has 9 heteroatoms. The Hall–Kier alpha value is -2.81. The number of aryl methyl sites for hydroxylation is 1. The molecular weight excluding hydrogens is 436 g/mol. The van der Waals surface area contributed by atoms with Gasteiger partial charge in [0.2, 0.25) is 0 Å². The average Bonchev–Trinajstić information content (AvgIpc) is 3.33. The highest BCUT2D eigenvalue weighted by Gasteiger charge is 2.47. The Kier molecular flexibility index (Phi) is 6.55. The first-order valence-electron chi connectivity index (χ1n) is 10.4. The van der Waals surface area contributed by atoms with Gasteiger partial charge in [0.05, 0.1) is 30.9 Å². The number of likely N-dealkylation sites (tertiary alicyclic amines) is 1. The predicted octanol–water partition coefficient (Wildman–Crippen LogP) is 3.00. The van der Waals surface area contributed by atoms with Crippen LogP contribution in [0.2, 0.25) is 5.02 Å². The highest BCUT2D eigenvalue weighted by atomic mass is 35.5. The van der Waals surface area contributed by atoms with Gasteiger partial charge in [-0.1, -0.05) is 11.6 Å². The molecule has 0 radical (unpaired) electrons. The number of rotatable bonds is 6. The van der Waals surface area contributed by atoms with Crippen molar-refractivity contribution in [3.63, 3.8) is 0 Å². The number of morpholine rings is 1. The number of ether oxygens (including phenoxy) is 2. The molecule has 1 amide bonds. The van der Waals surface area contributed by atoms with E-state index in [2.05, 4.69) is 4.90 Å². The molecule has 32 heavy (non-hydrogen) atoms. The molecule has 8 nitrogen and oxygen atoms in total. The van der Waals surface area contributed by atoms with E-state index in [9.17, 15) is 14.7 Å². The van der Waals surface area contributed by atoms with Crippen LogP contribution in [0.4, 0.5) is 0 Å². The second-order valence-electron chi connectivity index (χ2n) is 7.74. The lowest BCUT2D eigenvalue weighted by atomic mass is 9.99. The summed E-state index contributed by atoms with van der Waals surface area (Å²) < 4.78 is 16.3. The van der Waals surface area contributed by atoms with Crippen LogP contribution in [0, 0.1) is 6.92 Å². The average molecular weight is 461 g/mol. The Balaban J connectivity index is 1.72. The lowest BCUT2D eigenvalue weighted by Crippen LogP contribution is -2.42. The Bertz CT molecular complexity index is 1060. The van der Waals surface area contributed by atoms with Crippen molar-refractivity contribution in [3.05, 3.63) is 58.0 Å². The van der Waals surface area contributed by atoms with Crippen molar-refractivity contribution in [2.24, 2.45) is 0 Å². The van der Waals surface area contributed by atoms with Gasteiger partial charge < -0.3 is 23.9 Å². The quantitative estimate of drug-likeness (QED) is 0.402. The van der Waals surface area contributed by atoms with Gasteiger partial charge in [0, 0.05) is 31.7 Å². The minimum Gasteiger partial charge on any atom is -0.507 e. The smallest absolute Gasteiger partial charge is 0.295 e. The van der Waals surface area contributed by atoms with Gasteiger partial charge in [-0.05, 0) is 37.3 Å². The number of aliphatic hydroxyl groups is 1. The number of aliphatic hydroxyl groups excluding tert-OH is 1. The molecular formula is C23H25ClN2O6. The minimum atomic E-state index is -0.828. The molecule has 0 unspecified atom stereocenters. The Morgan fingerprint density at radius 1 is 1.19 bits per heavy atom. The summed E-state index contributed by atoms with van der Waals surface area (Å²) in [5, 5.41) is 11.4. The maximum atomic E-state index is 13.0. The van der Waals surface area contributed by atoms with Gasteiger partial charge in [-0.25, -0.2) is 0 Å². The number of carbonyl (C=O) groups excluding carboxylic acids is 2. The minimum absolute atomic E-state index is 0.0208. The summed E-state index contributed by atoms with van der Waals surface area (Å²) in [5.74, 6) is -0.224. The first-order chi connectivity index (χ1) is 15.4. The summed E-state index contributed by atoms with van der Waals surface area (Å²) >= 11 is 6.21. The summed E-state index contributed by atoms with van der Waals surface area (Å²) in [6.45, 7) is 5.48. The second kappa shape index (κ2) is 9.36. The molecule has 0 bridgehead atoms. The molecule has 3 heterocycles.